The molecule has 192 valence electrons. The summed E-state index contributed by atoms with van der Waals surface area (Å²) in [5.74, 6) is -2.10. The van der Waals surface area contributed by atoms with Gasteiger partial charge in [-0.1, -0.05) is 54.6 Å². The van der Waals surface area contributed by atoms with Gasteiger partial charge < -0.3 is 28.8 Å². The number of esters is 3. The van der Waals surface area contributed by atoms with Gasteiger partial charge in [0, 0.05) is 7.11 Å². The molecule has 1 fully saturated rings. The van der Waals surface area contributed by atoms with E-state index in [1.54, 1.807) is 91.0 Å². The van der Waals surface area contributed by atoms with Crippen LogP contribution in [0.3, 0.4) is 0 Å². The van der Waals surface area contributed by atoms with E-state index in [1.165, 1.54) is 7.11 Å². The molecule has 1 N–H and O–H groups in total. The quantitative estimate of drug-likeness (QED) is 0.363. The Balaban J connectivity index is 1.55. The maximum absolute atomic E-state index is 12.9. The summed E-state index contributed by atoms with van der Waals surface area (Å²) in [4.78, 5) is 38.1. The number of ether oxygens (including phenoxy) is 5. The van der Waals surface area contributed by atoms with Crippen LogP contribution in [0.4, 0.5) is 0 Å². The van der Waals surface area contributed by atoms with Crippen LogP contribution in [0.25, 0.3) is 0 Å². The largest absolute Gasteiger partial charge is 0.459 e. The number of methoxy groups -OCH3 is 1. The second-order valence-electron chi connectivity index (χ2n) is 8.21. The summed E-state index contributed by atoms with van der Waals surface area (Å²) in [7, 11) is 1.31. The number of rotatable bonds is 8. The first-order valence-corrected chi connectivity index (χ1v) is 11.6. The van der Waals surface area contributed by atoms with Crippen LogP contribution in [0.15, 0.2) is 91.0 Å². The third-order valence-corrected chi connectivity index (χ3v) is 5.74. The maximum atomic E-state index is 12.9. The van der Waals surface area contributed by atoms with Crippen molar-refractivity contribution in [1.29, 1.82) is 0 Å². The lowest BCUT2D eigenvalue weighted by Gasteiger charge is -2.42. The summed E-state index contributed by atoms with van der Waals surface area (Å²) >= 11 is 0. The molecule has 0 aromatic heterocycles. The maximum Gasteiger partial charge on any atom is 0.338 e. The fraction of sp³-hybridized carbons (Fsp3) is 0.250. The van der Waals surface area contributed by atoms with Crippen molar-refractivity contribution in [2.24, 2.45) is 0 Å². The monoisotopic (exact) mass is 506 g/mol. The molecule has 0 spiro atoms. The second kappa shape index (κ2) is 12.3. The molecule has 9 heteroatoms. The lowest BCUT2D eigenvalue weighted by Crippen LogP contribution is -2.61. The number of carbonyl (C=O) groups excluding carboxylic acids is 3. The van der Waals surface area contributed by atoms with Gasteiger partial charge in [0.05, 0.1) is 16.7 Å². The normalized spacial score (nSPS) is 23.0. The van der Waals surface area contributed by atoms with Crippen LogP contribution in [0.5, 0.6) is 0 Å². The van der Waals surface area contributed by atoms with E-state index in [-0.39, 0.29) is 17.7 Å². The Bertz CT molecular complexity index is 1180. The molecule has 0 bridgehead atoms. The molecule has 9 nitrogen and oxygen atoms in total. The standard InChI is InChI=1S/C28H26O9/c1-33-28-24(37-27(32)20-15-9-4-10-16-20)23(36-26(31)19-13-7-3-8-14-19)22(29)21(35-28)17-34-25(30)18-11-5-2-6-12-18/h2-16,21-24,28-29H,17H2,1H3/t21-,22+,23-,24+,28+/m1/s1. The lowest BCUT2D eigenvalue weighted by molar-refractivity contribution is -0.292. The Morgan fingerprint density at radius 1 is 0.703 bits per heavy atom. The smallest absolute Gasteiger partial charge is 0.338 e. The summed E-state index contributed by atoms with van der Waals surface area (Å²) in [5.41, 5.74) is 0.798. The van der Waals surface area contributed by atoms with Crippen molar-refractivity contribution in [1.82, 2.24) is 0 Å². The van der Waals surface area contributed by atoms with Crippen LogP contribution < -0.4 is 0 Å². The van der Waals surface area contributed by atoms with Gasteiger partial charge in [0.1, 0.15) is 18.8 Å². The predicted molar refractivity (Wildman–Crippen MR) is 130 cm³/mol. The molecule has 4 rings (SSSR count). The van der Waals surface area contributed by atoms with Crippen LogP contribution in [-0.4, -0.2) is 67.4 Å². The van der Waals surface area contributed by atoms with Crippen molar-refractivity contribution in [2.75, 3.05) is 13.7 Å². The van der Waals surface area contributed by atoms with Crippen LogP contribution in [0, 0.1) is 0 Å². The Hall–Kier alpha value is -4.05. The average molecular weight is 507 g/mol. The third kappa shape index (κ3) is 6.39. The highest BCUT2D eigenvalue weighted by Crippen LogP contribution is 2.28. The molecule has 3 aromatic carbocycles. The van der Waals surface area contributed by atoms with E-state index < -0.39 is 48.6 Å². The van der Waals surface area contributed by atoms with Gasteiger partial charge in [-0.05, 0) is 36.4 Å². The Morgan fingerprint density at radius 2 is 1.14 bits per heavy atom. The molecule has 0 aliphatic carbocycles. The van der Waals surface area contributed by atoms with Crippen molar-refractivity contribution in [3.05, 3.63) is 108 Å². The van der Waals surface area contributed by atoms with Gasteiger partial charge >= 0.3 is 17.9 Å². The molecule has 5 atom stereocenters. The van der Waals surface area contributed by atoms with E-state index in [4.69, 9.17) is 23.7 Å². The molecule has 1 aliphatic rings. The van der Waals surface area contributed by atoms with Gasteiger partial charge in [-0.3, -0.25) is 0 Å². The molecule has 0 saturated carbocycles. The minimum Gasteiger partial charge on any atom is -0.459 e. The number of benzene rings is 3. The number of carbonyl (C=O) groups is 3. The highest BCUT2D eigenvalue weighted by atomic mass is 16.7. The second-order valence-corrected chi connectivity index (χ2v) is 8.21. The zero-order chi connectivity index (χ0) is 26.2. The van der Waals surface area contributed by atoms with Gasteiger partial charge in [-0.15, -0.1) is 0 Å². The van der Waals surface area contributed by atoms with Crippen LogP contribution >= 0.6 is 0 Å². The molecular formula is C28H26O9. The molecular weight excluding hydrogens is 480 g/mol. The zero-order valence-electron chi connectivity index (χ0n) is 20.0. The predicted octanol–water partition coefficient (Wildman–Crippen LogP) is 3.03. The Labute approximate surface area is 213 Å². The number of hydrogen-bond donors (Lipinski definition) is 1. The van der Waals surface area contributed by atoms with Crippen molar-refractivity contribution in [3.63, 3.8) is 0 Å². The Morgan fingerprint density at radius 3 is 1.59 bits per heavy atom. The fourth-order valence-corrected chi connectivity index (χ4v) is 3.83. The average Bonchev–Trinajstić information content (AvgIpc) is 2.95. The summed E-state index contributed by atoms with van der Waals surface area (Å²) in [6, 6.07) is 24.7. The van der Waals surface area contributed by atoms with Gasteiger partial charge in [0.25, 0.3) is 0 Å². The van der Waals surface area contributed by atoms with Crippen LogP contribution in [0.1, 0.15) is 31.1 Å². The third-order valence-electron chi connectivity index (χ3n) is 5.74. The molecule has 0 unspecified atom stereocenters. The van der Waals surface area contributed by atoms with Crippen molar-refractivity contribution < 1.29 is 43.2 Å². The van der Waals surface area contributed by atoms with E-state index in [2.05, 4.69) is 0 Å². The lowest BCUT2D eigenvalue weighted by atomic mass is 9.98. The first-order valence-electron chi connectivity index (χ1n) is 11.6. The van der Waals surface area contributed by atoms with Crippen LogP contribution in [-0.2, 0) is 23.7 Å². The van der Waals surface area contributed by atoms with Gasteiger partial charge in [0.15, 0.2) is 18.5 Å². The number of aliphatic hydroxyl groups excluding tert-OH is 1. The minimum absolute atomic E-state index is 0.232. The first kappa shape index (κ1) is 26.0. The highest BCUT2D eigenvalue weighted by molar-refractivity contribution is 5.90. The Kier molecular flexibility index (Phi) is 8.63. The molecule has 3 aromatic rings. The summed E-state index contributed by atoms with van der Waals surface area (Å²) in [5, 5.41) is 11.1. The van der Waals surface area contributed by atoms with Crippen molar-refractivity contribution >= 4 is 17.9 Å². The SMILES string of the molecule is CO[C@H]1O[C@H](COC(=O)c2ccccc2)[C@H](O)[C@@H](OC(=O)c2ccccc2)[C@@H]1OC(=O)c1ccccc1. The topological polar surface area (TPSA) is 118 Å². The summed E-state index contributed by atoms with van der Waals surface area (Å²) in [6.45, 7) is -0.368. The zero-order valence-corrected chi connectivity index (χ0v) is 20.0. The van der Waals surface area contributed by atoms with Gasteiger partial charge in [0.2, 0.25) is 0 Å². The van der Waals surface area contributed by atoms with E-state index in [0.717, 1.165) is 0 Å². The van der Waals surface area contributed by atoms with Crippen LogP contribution in [0.2, 0.25) is 0 Å². The molecule has 1 heterocycles. The van der Waals surface area contributed by atoms with E-state index in [1.807, 2.05) is 0 Å². The highest BCUT2D eigenvalue weighted by Gasteiger charge is 2.50. The molecule has 0 radical (unpaired) electrons. The first-order chi connectivity index (χ1) is 18.0. The van der Waals surface area contributed by atoms with E-state index >= 15 is 0 Å². The number of aliphatic hydroxyl groups is 1. The number of hydrogen-bond acceptors (Lipinski definition) is 9. The molecule has 37 heavy (non-hydrogen) atoms. The van der Waals surface area contributed by atoms with Gasteiger partial charge in [-0.25, -0.2) is 14.4 Å². The van der Waals surface area contributed by atoms with Crippen molar-refractivity contribution in [2.45, 2.75) is 30.7 Å². The fourth-order valence-electron chi connectivity index (χ4n) is 3.83. The summed E-state index contributed by atoms with van der Waals surface area (Å²) in [6.07, 6.45) is -6.60. The molecule has 1 saturated heterocycles. The molecule has 0 amide bonds. The van der Waals surface area contributed by atoms with Crippen molar-refractivity contribution in [3.8, 4) is 0 Å². The van der Waals surface area contributed by atoms with Gasteiger partial charge in [-0.2, -0.15) is 0 Å². The summed E-state index contributed by atoms with van der Waals surface area (Å²) < 4.78 is 27.7. The van der Waals surface area contributed by atoms with E-state index in [9.17, 15) is 19.5 Å². The van der Waals surface area contributed by atoms with E-state index in [0.29, 0.717) is 5.56 Å². The molecule has 1 aliphatic heterocycles. The minimum atomic E-state index is -1.52.